The summed E-state index contributed by atoms with van der Waals surface area (Å²) in [5.41, 5.74) is 3.56. The molecule has 2 N–H and O–H groups in total. The minimum absolute atomic E-state index is 0.116. The van der Waals surface area contributed by atoms with Gasteiger partial charge in [-0.2, -0.15) is 0 Å². The van der Waals surface area contributed by atoms with Gasteiger partial charge in [0.2, 0.25) is 0 Å². The highest BCUT2D eigenvalue weighted by molar-refractivity contribution is 7.92. The molecule has 0 aromatic heterocycles. The Labute approximate surface area is 194 Å². The molecule has 0 aliphatic carbocycles. The Morgan fingerprint density at radius 3 is 2.33 bits per heavy atom. The number of methoxy groups -OCH3 is 1. The number of carbonyl (C=O) groups is 1. The molecule has 0 fully saturated rings. The van der Waals surface area contributed by atoms with Crippen LogP contribution in [-0.2, 0) is 27.9 Å². The molecule has 174 valence electrons. The highest BCUT2D eigenvalue weighted by Crippen LogP contribution is 2.27. The Bertz CT molecular complexity index is 1210. The number of benzene rings is 3. The van der Waals surface area contributed by atoms with Gasteiger partial charge in [0.15, 0.2) is 0 Å². The molecule has 8 heteroatoms. The van der Waals surface area contributed by atoms with E-state index in [9.17, 15) is 13.2 Å². The van der Waals surface area contributed by atoms with E-state index in [1.165, 1.54) is 25.3 Å². The number of carbonyl (C=O) groups excluding carboxylic acids is 1. The molecule has 0 saturated heterocycles. The summed E-state index contributed by atoms with van der Waals surface area (Å²) in [6.07, 6.45) is 0. The fraction of sp³-hybridized carbons (Fsp3) is 0.240. The zero-order valence-corrected chi connectivity index (χ0v) is 19.7. The van der Waals surface area contributed by atoms with Crippen LogP contribution in [0.3, 0.4) is 0 Å². The predicted molar refractivity (Wildman–Crippen MR) is 128 cm³/mol. The van der Waals surface area contributed by atoms with Crippen LogP contribution in [0.25, 0.3) is 0 Å². The van der Waals surface area contributed by atoms with Gasteiger partial charge in [-0.1, -0.05) is 42.0 Å². The standard InChI is InChI=1S/C25H28N2O5S/c1-4-32-17-21-8-6-5-7-20(21)16-26-25(28)19-11-14-23(31-3)24(15-19)33(29,30)27-22-12-9-18(2)10-13-22/h5-15,27H,4,16-17H2,1-3H3,(H,26,28). The minimum Gasteiger partial charge on any atom is -0.495 e. The van der Waals surface area contributed by atoms with Crippen LogP contribution in [0.1, 0.15) is 34.0 Å². The van der Waals surface area contributed by atoms with Gasteiger partial charge >= 0.3 is 0 Å². The fourth-order valence-corrected chi connectivity index (χ4v) is 4.47. The predicted octanol–water partition coefficient (Wildman–Crippen LogP) is 4.27. The first-order chi connectivity index (χ1) is 15.8. The maximum absolute atomic E-state index is 13.0. The molecular formula is C25H28N2O5S. The van der Waals surface area contributed by atoms with Gasteiger partial charge < -0.3 is 14.8 Å². The molecule has 0 aliphatic heterocycles. The van der Waals surface area contributed by atoms with Crippen molar-refractivity contribution < 1.29 is 22.7 Å². The highest BCUT2D eigenvalue weighted by Gasteiger charge is 2.22. The monoisotopic (exact) mass is 468 g/mol. The number of sulfonamides is 1. The van der Waals surface area contributed by atoms with Crippen molar-refractivity contribution in [3.8, 4) is 5.75 Å². The zero-order chi connectivity index (χ0) is 23.8. The van der Waals surface area contributed by atoms with Gasteiger partial charge in [-0.05, 0) is 55.3 Å². The lowest BCUT2D eigenvalue weighted by Gasteiger charge is -2.14. The average Bonchev–Trinajstić information content (AvgIpc) is 2.82. The van der Waals surface area contributed by atoms with Crippen LogP contribution < -0.4 is 14.8 Å². The van der Waals surface area contributed by atoms with Gasteiger partial charge in [0.1, 0.15) is 10.6 Å². The van der Waals surface area contributed by atoms with Gasteiger partial charge in [0.05, 0.1) is 13.7 Å². The van der Waals surface area contributed by atoms with Gasteiger partial charge in [-0.15, -0.1) is 0 Å². The number of amides is 1. The van der Waals surface area contributed by atoms with Crippen LogP contribution >= 0.6 is 0 Å². The fourth-order valence-electron chi connectivity index (χ4n) is 3.22. The molecule has 0 heterocycles. The van der Waals surface area contributed by atoms with Crippen LogP contribution in [0.15, 0.2) is 71.6 Å². The van der Waals surface area contributed by atoms with E-state index in [-0.39, 0.29) is 22.8 Å². The second-order valence-corrected chi connectivity index (χ2v) is 9.08. The highest BCUT2D eigenvalue weighted by atomic mass is 32.2. The number of ether oxygens (including phenoxy) is 2. The molecule has 0 aliphatic rings. The summed E-state index contributed by atoms with van der Waals surface area (Å²) in [6.45, 7) is 5.18. The molecule has 0 spiro atoms. The van der Waals surface area contributed by atoms with E-state index < -0.39 is 15.9 Å². The third-order valence-corrected chi connectivity index (χ3v) is 6.44. The van der Waals surface area contributed by atoms with E-state index in [1.807, 2.05) is 50.2 Å². The number of rotatable bonds is 10. The quantitative estimate of drug-likeness (QED) is 0.463. The first-order valence-electron chi connectivity index (χ1n) is 10.5. The van der Waals surface area contributed by atoms with Gasteiger partial charge in [-0.3, -0.25) is 9.52 Å². The zero-order valence-electron chi connectivity index (χ0n) is 18.9. The normalized spacial score (nSPS) is 11.1. The largest absolute Gasteiger partial charge is 0.495 e. The van der Waals surface area contributed by atoms with E-state index in [4.69, 9.17) is 9.47 Å². The van der Waals surface area contributed by atoms with Crippen molar-refractivity contribution in [1.82, 2.24) is 5.32 Å². The van der Waals surface area contributed by atoms with Crippen molar-refractivity contribution in [2.24, 2.45) is 0 Å². The van der Waals surface area contributed by atoms with Crippen molar-refractivity contribution >= 4 is 21.6 Å². The maximum atomic E-state index is 13.0. The minimum atomic E-state index is -3.98. The lowest BCUT2D eigenvalue weighted by atomic mass is 10.1. The van der Waals surface area contributed by atoms with Crippen molar-refractivity contribution in [2.75, 3.05) is 18.4 Å². The molecule has 0 bridgehead atoms. The van der Waals surface area contributed by atoms with Crippen molar-refractivity contribution in [3.63, 3.8) is 0 Å². The maximum Gasteiger partial charge on any atom is 0.265 e. The number of hydrogen-bond acceptors (Lipinski definition) is 5. The van der Waals surface area contributed by atoms with E-state index in [0.29, 0.717) is 18.9 Å². The van der Waals surface area contributed by atoms with Crippen LogP contribution in [0.2, 0.25) is 0 Å². The summed E-state index contributed by atoms with van der Waals surface area (Å²) in [4.78, 5) is 12.7. The molecule has 0 radical (unpaired) electrons. The molecule has 3 rings (SSSR count). The smallest absolute Gasteiger partial charge is 0.265 e. The van der Waals surface area contributed by atoms with Gasteiger partial charge in [0.25, 0.3) is 15.9 Å². The molecule has 0 saturated carbocycles. The Morgan fingerprint density at radius 1 is 0.970 bits per heavy atom. The second kappa shape index (κ2) is 11.0. The van der Waals surface area contributed by atoms with E-state index in [0.717, 1.165) is 16.7 Å². The molecule has 33 heavy (non-hydrogen) atoms. The average molecular weight is 469 g/mol. The topological polar surface area (TPSA) is 93.7 Å². The molecule has 0 atom stereocenters. The van der Waals surface area contributed by atoms with Gasteiger partial charge in [-0.25, -0.2) is 8.42 Å². The summed E-state index contributed by atoms with van der Waals surface area (Å²) < 4.78 is 39.3. The molecule has 3 aromatic rings. The Kier molecular flexibility index (Phi) is 8.08. The second-order valence-electron chi connectivity index (χ2n) is 7.43. The summed E-state index contributed by atoms with van der Waals surface area (Å²) in [7, 11) is -2.60. The molecule has 3 aromatic carbocycles. The number of anilines is 1. The number of nitrogens with one attached hydrogen (secondary N) is 2. The molecule has 1 amide bonds. The third kappa shape index (κ3) is 6.34. The molecular weight excluding hydrogens is 440 g/mol. The van der Waals surface area contributed by atoms with E-state index >= 15 is 0 Å². The van der Waals surface area contributed by atoms with Crippen molar-refractivity contribution in [2.45, 2.75) is 31.9 Å². The SMILES string of the molecule is CCOCc1ccccc1CNC(=O)c1ccc(OC)c(S(=O)(=O)Nc2ccc(C)cc2)c1. The van der Waals surface area contributed by atoms with Crippen LogP contribution in [0.5, 0.6) is 5.75 Å². The molecule has 0 unspecified atom stereocenters. The van der Waals surface area contributed by atoms with Crippen LogP contribution in [0.4, 0.5) is 5.69 Å². The van der Waals surface area contributed by atoms with E-state index in [1.54, 1.807) is 12.1 Å². The number of hydrogen-bond donors (Lipinski definition) is 2. The lowest BCUT2D eigenvalue weighted by Crippen LogP contribution is -2.24. The first-order valence-corrected chi connectivity index (χ1v) is 12.0. The Morgan fingerprint density at radius 2 is 1.67 bits per heavy atom. The lowest BCUT2D eigenvalue weighted by molar-refractivity contribution is 0.0949. The van der Waals surface area contributed by atoms with Crippen molar-refractivity contribution in [3.05, 3.63) is 89.0 Å². The van der Waals surface area contributed by atoms with Gasteiger partial charge in [0, 0.05) is 24.4 Å². The van der Waals surface area contributed by atoms with Crippen LogP contribution in [0, 0.1) is 6.92 Å². The first kappa shape index (κ1) is 24.3. The number of aryl methyl sites for hydroxylation is 1. The summed E-state index contributed by atoms with van der Waals surface area (Å²) in [5.74, 6) is -0.246. The Hall–Kier alpha value is -3.36. The van der Waals surface area contributed by atoms with Crippen molar-refractivity contribution in [1.29, 1.82) is 0 Å². The van der Waals surface area contributed by atoms with E-state index in [2.05, 4.69) is 10.0 Å². The van der Waals surface area contributed by atoms with Crippen LogP contribution in [-0.4, -0.2) is 28.0 Å². The summed E-state index contributed by atoms with van der Waals surface area (Å²) in [5, 5.41) is 2.85. The molecule has 7 nitrogen and oxygen atoms in total. The summed E-state index contributed by atoms with van der Waals surface area (Å²) in [6, 6.07) is 19.0. The third-order valence-electron chi connectivity index (χ3n) is 5.04. The Balaban J connectivity index is 1.80. The summed E-state index contributed by atoms with van der Waals surface area (Å²) >= 11 is 0.